The molecule has 1 fully saturated rings. The molecule has 1 saturated heterocycles. The summed E-state index contributed by atoms with van der Waals surface area (Å²) in [6, 6.07) is 3.51. The van der Waals surface area contributed by atoms with E-state index >= 15 is 0 Å². The lowest BCUT2D eigenvalue weighted by atomic mass is 10.1. The van der Waals surface area contributed by atoms with Crippen LogP contribution >= 0.6 is 11.3 Å². The zero-order chi connectivity index (χ0) is 18.2. The Morgan fingerprint density at radius 2 is 2.20 bits per heavy atom. The molecule has 3 heterocycles. The number of likely N-dealkylation sites (tertiary alicyclic amines) is 1. The summed E-state index contributed by atoms with van der Waals surface area (Å²) in [6.07, 6.45) is -2.64. The van der Waals surface area contributed by atoms with Crippen LogP contribution in [0.5, 0.6) is 0 Å². The quantitative estimate of drug-likeness (QED) is 0.894. The summed E-state index contributed by atoms with van der Waals surface area (Å²) in [5.74, 6) is -1.20. The van der Waals surface area contributed by atoms with Crippen molar-refractivity contribution in [1.82, 2.24) is 15.4 Å². The van der Waals surface area contributed by atoms with Crippen LogP contribution in [-0.4, -0.2) is 42.1 Å². The lowest BCUT2D eigenvalue weighted by Gasteiger charge is -2.32. The number of amides is 1. The SMILES string of the molecule is CNC1CCCN(C(=O)c2ccc(-c3noc(C(F)(F)F)c3C)s2)C1. The van der Waals surface area contributed by atoms with Crippen molar-refractivity contribution in [2.45, 2.75) is 32.0 Å². The summed E-state index contributed by atoms with van der Waals surface area (Å²) in [5, 5.41) is 6.72. The Morgan fingerprint density at radius 1 is 1.44 bits per heavy atom. The van der Waals surface area contributed by atoms with Crippen LogP contribution in [0.15, 0.2) is 16.7 Å². The van der Waals surface area contributed by atoms with Crippen LogP contribution in [0.25, 0.3) is 10.6 Å². The molecule has 5 nitrogen and oxygen atoms in total. The molecule has 0 spiro atoms. The molecule has 1 N–H and O–H groups in total. The van der Waals surface area contributed by atoms with E-state index in [1.807, 2.05) is 7.05 Å². The maximum Gasteiger partial charge on any atom is 0.452 e. The molecule has 1 amide bonds. The molecular weight excluding hydrogens is 355 g/mol. The number of aromatic nitrogens is 1. The van der Waals surface area contributed by atoms with Gasteiger partial charge in [0.05, 0.1) is 9.75 Å². The van der Waals surface area contributed by atoms with Gasteiger partial charge >= 0.3 is 6.18 Å². The summed E-state index contributed by atoms with van der Waals surface area (Å²) >= 11 is 1.13. The van der Waals surface area contributed by atoms with Gasteiger partial charge in [0, 0.05) is 24.7 Å². The Morgan fingerprint density at radius 3 is 2.84 bits per heavy atom. The first-order valence-corrected chi connectivity index (χ1v) is 8.73. The van der Waals surface area contributed by atoms with Gasteiger partial charge in [-0.2, -0.15) is 13.2 Å². The topological polar surface area (TPSA) is 58.4 Å². The Bertz CT molecular complexity index is 769. The van der Waals surface area contributed by atoms with Gasteiger partial charge in [-0.05, 0) is 38.9 Å². The lowest BCUT2D eigenvalue weighted by molar-refractivity contribution is -0.156. The molecule has 3 rings (SSSR count). The number of thiophene rings is 1. The fraction of sp³-hybridized carbons (Fsp3) is 0.500. The van der Waals surface area contributed by atoms with Crippen molar-refractivity contribution in [1.29, 1.82) is 0 Å². The van der Waals surface area contributed by atoms with Crippen molar-refractivity contribution in [3.05, 3.63) is 28.3 Å². The molecule has 1 unspecified atom stereocenters. The number of halogens is 3. The highest BCUT2D eigenvalue weighted by atomic mass is 32.1. The third kappa shape index (κ3) is 3.57. The van der Waals surface area contributed by atoms with Crippen LogP contribution in [0.1, 0.15) is 33.8 Å². The molecule has 9 heteroatoms. The van der Waals surface area contributed by atoms with Crippen LogP contribution in [0.3, 0.4) is 0 Å². The number of carbonyl (C=O) groups is 1. The molecule has 1 atom stereocenters. The number of carbonyl (C=O) groups excluding carboxylic acids is 1. The van der Waals surface area contributed by atoms with Crippen LogP contribution in [0.4, 0.5) is 13.2 Å². The van der Waals surface area contributed by atoms with Crippen molar-refractivity contribution in [2.24, 2.45) is 0 Å². The molecule has 2 aromatic heterocycles. The second kappa shape index (κ2) is 6.80. The highest BCUT2D eigenvalue weighted by Gasteiger charge is 2.39. The minimum atomic E-state index is -4.58. The minimum absolute atomic E-state index is 0.0680. The summed E-state index contributed by atoms with van der Waals surface area (Å²) < 4.78 is 42.9. The molecule has 0 aliphatic carbocycles. The number of likely N-dealkylation sites (N-methyl/N-ethyl adjacent to an activating group) is 1. The van der Waals surface area contributed by atoms with Gasteiger partial charge in [-0.1, -0.05) is 5.16 Å². The number of piperidine rings is 1. The zero-order valence-corrected chi connectivity index (χ0v) is 14.6. The highest BCUT2D eigenvalue weighted by Crippen LogP contribution is 2.38. The first-order valence-electron chi connectivity index (χ1n) is 7.91. The molecule has 136 valence electrons. The van der Waals surface area contributed by atoms with E-state index < -0.39 is 11.9 Å². The fourth-order valence-electron chi connectivity index (χ4n) is 2.96. The summed E-state index contributed by atoms with van der Waals surface area (Å²) in [4.78, 5) is 15.4. The van der Waals surface area contributed by atoms with Crippen LogP contribution in [0, 0.1) is 6.92 Å². The standard InChI is InChI=1S/C16H18F3N3O2S/c1-9-13(21-24-14(9)16(17,18)19)11-5-6-12(25-11)15(23)22-7-3-4-10(8-22)20-2/h5-6,10,20H,3-4,7-8H2,1-2H3. The number of nitrogens with one attached hydrogen (secondary N) is 1. The Kier molecular flexibility index (Phi) is 4.88. The Labute approximate surface area is 146 Å². The number of rotatable bonds is 3. The molecule has 1 aliphatic rings. The van der Waals surface area contributed by atoms with Gasteiger partial charge in [0.1, 0.15) is 5.69 Å². The first kappa shape index (κ1) is 17.9. The normalized spacial score (nSPS) is 18.6. The second-order valence-corrected chi connectivity index (χ2v) is 7.11. The smallest absolute Gasteiger partial charge is 0.351 e. The van der Waals surface area contributed by atoms with Crippen molar-refractivity contribution >= 4 is 17.2 Å². The van der Waals surface area contributed by atoms with Gasteiger partial charge in [-0.3, -0.25) is 4.79 Å². The summed E-state index contributed by atoms with van der Waals surface area (Å²) in [7, 11) is 1.87. The van der Waals surface area contributed by atoms with Gasteiger partial charge in [-0.15, -0.1) is 11.3 Å². The number of hydrogen-bond acceptors (Lipinski definition) is 5. The molecular formula is C16H18F3N3O2S. The van der Waals surface area contributed by atoms with E-state index in [0.29, 0.717) is 22.8 Å². The monoisotopic (exact) mass is 373 g/mol. The van der Waals surface area contributed by atoms with Gasteiger partial charge in [0.15, 0.2) is 0 Å². The van der Waals surface area contributed by atoms with Gasteiger partial charge in [0.25, 0.3) is 5.91 Å². The summed E-state index contributed by atoms with van der Waals surface area (Å²) in [5.41, 5.74) is 0.0599. The first-order chi connectivity index (χ1) is 11.8. The fourth-order valence-corrected chi connectivity index (χ4v) is 3.98. The van der Waals surface area contributed by atoms with E-state index in [2.05, 4.69) is 15.0 Å². The third-order valence-electron chi connectivity index (χ3n) is 4.35. The summed E-state index contributed by atoms with van der Waals surface area (Å²) in [6.45, 7) is 2.63. The maximum atomic E-state index is 12.8. The minimum Gasteiger partial charge on any atom is -0.351 e. The van der Waals surface area contributed by atoms with Crippen LogP contribution in [0.2, 0.25) is 0 Å². The van der Waals surface area contributed by atoms with E-state index in [1.54, 1.807) is 17.0 Å². The van der Waals surface area contributed by atoms with Crippen LogP contribution in [-0.2, 0) is 6.18 Å². The highest BCUT2D eigenvalue weighted by molar-refractivity contribution is 7.17. The average Bonchev–Trinajstić information content (AvgIpc) is 3.20. The van der Waals surface area contributed by atoms with E-state index in [-0.39, 0.29) is 23.2 Å². The molecule has 2 aromatic rings. The number of nitrogens with zero attached hydrogens (tertiary/aromatic N) is 2. The van der Waals surface area contributed by atoms with Gasteiger partial charge < -0.3 is 14.7 Å². The third-order valence-corrected chi connectivity index (χ3v) is 5.43. The molecule has 1 aliphatic heterocycles. The second-order valence-electron chi connectivity index (χ2n) is 6.03. The van der Waals surface area contributed by atoms with E-state index in [9.17, 15) is 18.0 Å². The molecule has 25 heavy (non-hydrogen) atoms. The Balaban J connectivity index is 1.81. The van der Waals surface area contributed by atoms with E-state index in [4.69, 9.17) is 0 Å². The Hall–Kier alpha value is -1.87. The zero-order valence-electron chi connectivity index (χ0n) is 13.8. The van der Waals surface area contributed by atoms with E-state index in [0.717, 1.165) is 24.2 Å². The van der Waals surface area contributed by atoms with Crippen molar-refractivity contribution in [3.63, 3.8) is 0 Å². The molecule has 0 saturated carbocycles. The maximum absolute atomic E-state index is 12.8. The molecule has 0 aromatic carbocycles. The average molecular weight is 373 g/mol. The number of alkyl halides is 3. The predicted octanol–water partition coefficient (Wildman–Crippen LogP) is 3.55. The lowest BCUT2D eigenvalue weighted by Crippen LogP contribution is -2.46. The van der Waals surface area contributed by atoms with Crippen molar-refractivity contribution in [3.8, 4) is 10.6 Å². The molecule has 0 radical (unpaired) electrons. The number of hydrogen-bond donors (Lipinski definition) is 1. The van der Waals surface area contributed by atoms with Gasteiger partial charge in [-0.25, -0.2) is 0 Å². The van der Waals surface area contributed by atoms with Crippen LogP contribution < -0.4 is 5.32 Å². The largest absolute Gasteiger partial charge is 0.452 e. The van der Waals surface area contributed by atoms with Crippen molar-refractivity contribution < 1.29 is 22.5 Å². The van der Waals surface area contributed by atoms with E-state index in [1.165, 1.54) is 6.92 Å². The van der Waals surface area contributed by atoms with Gasteiger partial charge in [0.2, 0.25) is 5.76 Å². The molecule has 0 bridgehead atoms. The van der Waals surface area contributed by atoms with Crippen molar-refractivity contribution in [2.75, 3.05) is 20.1 Å². The predicted molar refractivity (Wildman–Crippen MR) is 87.5 cm³/mol.